The molecule has 0 aliphatic heterocycles. The lowest BCUT2D eigenvalue weighted by molar-refractivity contribution is 0.609. The van der Waals surface area contributed by atoms with Gasteiger partial charge in [-0.1, -0.05) is 6.07 Å². The molecule has 0 amide bonds. The van der Waals surface area contributed by atoms with Crippen molar-refractivity contribution in [2.24, 2.45) is 7.05 Å². The summed E-state index contributed by atoms with van der Waals surface area (Å²) in [5.41, 5.74) is 0.200. The largest absolute Gasteiger partial charge is 0.332 e. The highest BCUT2D eigenvalue weighted by molar-refractivity contribution is 8.13. The van der Waals surface area contributed by atoms with Gasteiger partial charge in [0.1, 0.15) is 0 Å². The van der Waals surface area contributed by atoms with Crippen LogP contribution in [0.2, 0.25) is 0 Å². The van der Waals surface area contributed by atoms with Gasteiger partial charge in [-0.25, -0.2) is 13.2 Å². The van der Waals surface area contributed by atoms with E-state index in [1.807, 2.05) is 0 Å². The van der Waals surface area contributed by atoms with Gasteiger partial charge in [0.15, 0.2) is 0 Å². The maximum Gasteiger partial charge on any atom is 0.332 e. The molecule has 0 spiro atoms. The van der Waals surface area contributed by atoms with Gasteiger partial charge >= 0.3 is 5.69 Å². The lowest BCUT2D eigenvalue weighted by Gasteiger charge is -2.02. The minimum atomic E-state index is -3.79. The van der Waals surface area contributed by atoms with Crippen LogP contribution < -0.4 is 5.69 Å². The number of halogens is 1. The molecule has 0 radical (unpaired) electrons. The summed E-state index contributed by atoms with van der Waals surface area (Å²) in [7, 11) is 3.07. The first-order chi connectivity index (χ1) is 7.89. The Balaban J connectivity index is 2.63. The summed E-state index contributed by atoms with van der Waals surface area (Å²) in [4.78, 5) is 11.6. The first kappa shape index (κ1) is 11.9. The molecule has 0 fully saturated rings. The van der Waals surface area contributed by atoms with Gasteiger partial charge in [0.25, 0.3) is 9.05 Å². The Hall–Kier alpha value is -1.53. The second-order valence-electron chi connectivity index (χ2n) is 3.50. The van der Waals surface area contributed by atoms with Crippen molar-refractivity contribution in [2.45, 2.75) is 4.90 Å². The lowest BCUT2D eigenvalue weighted by Crippen LogP contribution is -2.20. The maximum atomic E-state index is 11.7. The Bertz CT molecular complexity index is 715. The van der Waals surface area contributed by atoms with Crippen LogP contribution in [0, 0.1) is 0 Å². The highest BCUT2D eigenvalue weighted by Crippen LogP contribution is 2.17. The molecule has 0 bridgehead atoms. The van der Waals surface area contributed by atoms with Crippen molar-refractivity contribution in [3.05, 3.63) is 47.1 Å². The van der Waals surface area contributed by atoms with E-state index in [-0.39, 0.29) is 10.6 Å². The fourth-order valence-corrected chi connectivity index (χ4v) is 2.24. The Labute approximate surface area is 102 Å². The molecule has 0 N–H and O–H groups in total. The van der Waals surface area contributed by atoms with Crippen molar-refractivity contribution in [3.63, 3.8) is 0 Å². The van der Waals surface area contributed by atoms with Crippen LogP contribution in [0.15, 0.2) is 46.3 Å². The van der Waals surface area contributed by atoms with Gasteiger partial charge in [-0.15, -0.1) is 0 Å². The van der Waals surface area contributed by atoms with E-state index >= 15 is 0 Å². The second-order valence-corrected chi connectivity index (χ2v) is 6.06. The van der Waals surface area contributed by atoms with Crippen molar-refractivity contribution in [1.29, 1.82) is 0 Å². The van der Waals surface area contributed by atoms with Crippen LogP contribution in [0.3, 0.4) is 0 Å². The molecule has 0 saturated heterocycles. The van der Waals surface area contributed by atoms with Crippen LogP contribution >= 0.6 is 10.7 Å². The van der Waals surface area contributed by atoms with E-state index in [1.54, 1.807) is 25.5 Å². The van der Waals surface area contributed by atoms with E-state index < -0.39 is 9.05 Å². The first-order valence-electron chi connectivity index (χ1n) is 4.69. The number of hydrogen-bond donors (Lipinski definition) is 0. The average molecular weight is 273 g/mol. The third-order valence-electron chi connectivity index (χ3n) is 2.32. The predicted molar refractivity (Wildman–Crippen MR) is 64.0 cm³/mol. The summed E-state index contributed by atoms with van der Waals surface area (Å²) < 4.78 is 25.1. The standard InChI is InChI=1S/C10H9ClN2O3S/c1-12-5-6-13(10(12)14)8-3-2-4-9(7-8)17(11,15)16/h2-7H,1H3. The van der Waals surface area contributed by atoms with Crippen LogP contribution in [0.1, 0.15) is 0 Å². The van der Waals surface area contributed by atoms with Crippen molar-refractivity contribution in [1.82, 2.24) is 9.13 Å². The number of rotatable bonds is 2. The van der Waals surface area contributed by atoms with Crippen LogP contribution in [-0.4, -0.2) is 17.6 Å². The van der Waals surface area contributed by atoms with E-state index in [0.29, 0.717) is 5.69 Å². The lowest BCUT2D eigenvalue weighted by atomic mass is 10.3. The number of nitrogens with zero attached hydrogens (tertiary/aromatic N) is 2. The van der Waals surface area contributed by atoms with E-state index in [4.69, 9.17) is 10.7 Å². The molecule has 1 heterocycles. The fraction of sp³-hybridized carbons (Fsp3) is 0.100. The van der Waals surface area contributed by atoms with Gasteiger partial charge < -0.3 is 4.57 Å². The van der Waals surface area contributed by atoms with Gasteiger partial charge in [-0.2, -0.15) is 0 Å². The molecule has 0 aliphatic rings. The number of aromatic nitrogens is 2. The smallest absolute Gasteiger partial charge is 0.302 e. The van der Waals surface area contributed by atoms with Crippen LogP contribution in [0.4, 0.5) is 0 Å². The van der Waals surface area contributed by atoms with Gasteiger partial charge in [0, 0.05) is 30.1 Å². The first-order valence-corrected chi connectivity index (χ1v) is 6.99. The molecular weight excluding hydrogens is 264 g/mol. The number of hydrogen-bond acceptors (Lipinski definition) is 3. The van der Waals surface area contributed by atoms with Crippen molar-refractivity contribution in [2.75, 3.05) is 0 Å². The zero-order valence-electron chi connectivity index (χ0n) is 8.87. The molecule has 5 nitrogen and oxygen atoms in total. The number of imidazole rings is 1. The van der Waals surface area contributed by atoms with E-state index in [2.05, 4.69) is 0 Å². The third-order valence-corrected chi connectivity index (χ3v) is 3.68. The minimum absolute atomic E-state index is 0.0348. The monoisotopic (exact) mass is 272 g/mol. The zero-order chi connectivity index (χ0) is 12.6. The van der Waals surface area contributed by atoms with Gasteiger partial charge in [0.2, 0.25) is 0 Å². The van der Waals surface area contributed by atoms with Crippen LogP contribution in [0.5, 0.6) is 0 Å². The summed E-state index contributed by atoms with van der Waals surface area (Å²) in [6.45, 7) is 0. The molecule has 1 aromatic heterocycles. The Kier molecular flexibility index (Phi) is 2.84. The molecule has 0 unspecified atom stereocenters. The summed E-state index contributed by atoms with van der Waals surface area (Å²) in [6.07, 6.45) is 3.15. The molecular formula is C10H9ClN2O3S. The van der Waals surface area contributed by atoms with Crippen molar-refractivity contribution >= 4 is 19.7 Å². The highest BCUT2D eigenvalue weighted by atomic mass is 35.7. The molecule has 7 heteroatoms. The van der Waals surface area contributed by atoms with E-state index in [1.165, 1.54) is 27.3 Å². The predicted octanol–water partition coefficient (Wildman–Crippen LogP) is 1.10. The highest BCUT2D eigenvalue weighted by Gasteiger charge is 2.11. The molecule has 90 valence electrons. The molecule has 0 atom stereocenters. The fourth-order valence-electron chi connectivity index (χ4n) is 1.45. The topological polar surface area (TPSA) is 61.1 Å². The Morgan fingerprint density at radius 3 is 2.47 bits per heavy atom. The third kappa shape index (κ3) is 2.27. The molecule has 2 rings (SSSR count). The molecule has 0 saturated carbocycles. The van der Waals surface area contributed by atoms with Crippen LogP contribution in [0.25, 0.3) is 5.69 Å². The SMILES string of the molecule is Cn1ccn(-c2cccc(S(=O)(=O)Cl)c2)c1=O. The van der Waals surface area contributed by atoms with E-state index in [9.17, 15) is 13.2 Å². The maximum absolute atomic E-state index is 11.7. The van der Waals surface area contributed by atoms with Crippen molar-refractivity contribution < 1.29 is 8.42 Å². The molecule has 0 aliphatic carbocycles. The van der Waals surface area contributed by atoms with E-state index in [0.717, 1.165) is 0 Å². The molecule has 1 aromatic carbocycles. The summed E-state index contributed by atoms with van der Waals surface area (Å²) in [5, 5.41) is 0. The Morgan fingerprint density at radius 2 is 1.94 bits per heavy atom. The second kappa shape index (κ2) is 4.05. The Morgan fingerprint density at radius 1 is 1.24 bits per heavy atom. The summed E-state index contributed by atoms with van der Waals surface area (Å²) >= 11 is 0. The minimum Gasteiger partial charge on any atom is -0.302 e. The van der Waals surface area contributed by atoms with Gasteiger partial charge in [-0.05, 0) is 18.2 Å². The summed E-state index contributed by atoms with van der Waals surface area (Å²) in [6, 6.07) is 5.89. The quantitative estimate of drug-likeness (QED) is 0.769. The summed E-state index contributed by atoms with van der Waals surface area (Å²) in [5.74, 6) is 0. The normalized spacial score (nSPS) is 11.6. The van der Waals surface area contributed by atoms with Crippen LogP contribution in [-0.2, 0) is 16.1 Å². The molecule has 17 heavy (non-hydrogen) atoms. The average Bonchev–Trinajstić information content (AvgIpc) is 2.59. The van der Waals surface area contributed by atoms with Gasteiger partial charge in [-0.3, -0.25) is 4.57 Å². The van der Waals surface area contributed by atoms with Gasteiger partial charge in [0.05, 0.1) is 10.6 Å². The number of aryl methyl sites for hydroxylation is 1. The molecule has 2 aromatic rings. The zero-order valence-corrected chi connectivity index (χ0v) is 10.4. The number of benzene rings is 1. The van der Waals surface area contributed by atoms with Crippen molar-refractivity contribution in [3.8, 4) is 5.69 Å².